The molecule has 0 heterocycles. The first-order chi connectivity index (χ1) is 11.5. The van der Waals surface area contributed by atoms with Gasteiger partial charge < -0.3 is 14.8 Å². The summed E-state index contributed by atoms with van der Waals surface area (Å²) in [5.74, 6) is 0.578. The van der Waals surface area contributed by atoms with Crippen LogP contribution in [-0.4, -0.2) is 26.5 Å². The third-order valence-corrected chi connectivity index (χ3v) is 3.25. The SMILES string of the molecule is COc1ccc(/C=N/NC(=O)Nc2ccc(F)c(Cl)c2)cc1OC. The van der Waals surface area contributed by atoms with Crippen molar-refractivity contribution < 1.29 is 18.7 Å². The number of ether oxygens (including phenoxy) is 2. The highest BCUT2D eigenvalue weighted by Gasteiger charge is 2.05. The molecular weight excluding hydrogens is 337 g/mol. The summed E-state index contributed by atoms with van der Waals surface area (Å²) in [6.45, 7) is 0. The van der Waals surface area contributed by atoms with E-state index in [4.69, 9.17) is 21.1 Å². The minimum absolute atomic E-state index is 0.0818. The number of nitrogens with one attached hydrogen (secondary N) is 2. The highest BCUT2D eigenvalue weighted by Crippen LogP contribution is 2.26. The Hall–Kier alpha value is -2.80. The van der Waals surface area contributed by atoms with Gasteiger partial charge in [0.15, 0.2) is 11.5 Å². The summed E-state index contributed by atoms with van der Waals surface area (Å²) in [6.07, 6.45) is 1.44. The van der Waals surface area contributed by atoms with Crippen molar-refractivity contribution in [2.45, 2.75) is 0 Å². The van der Waals surface area contributed by atoms with Gasteiger partial charge in [0.2, 0.25) is 0 Å². The lowest BCUT2D eigenvalue weighted by Gasteiger charge is -2.07. The molecular formula is C16H15ClFN3O3. The molecule has 0 atom stereocenters. The van der Waals surface area contributed by atoms with E-state index in [1.165, 1.54) is 25.5 Å². The molecule has 2 N–H and O–H groups in total. The first-order valence-corrected chi connectivity index (χ1v) is 7.18. The summed E-state index contributed by atoms with van der Waals surface area (Å²) in [5.41, 5.74) is 3.34. The van der Waals surface area contributed by atoms with Gasteiger partial charge in [-0.2, -0.15) is 5.10 Å². The first-order valence-electron chi connectivity index (χ1n) is 6.80. The van der Waals surface area contributed by atoms with E-state index in [1.54, 1.807) is 25.3 Å². The van der Waals surface area contributed by atoms with Gasteiger partial charge in [-0.1, -0.05) is 11.6 Å². The van der Waals surface area contributed by atoms with Gasteiger partial charge in [0.1, 0.15) is 5.82 Å². The van der Waals surface area contributed by atoms with Crippen molar-refractivity contribution >= 4 is 29.5 Å². The molecule has 0 saturated carbocycles. The second kappa shape index (κ2) is 8.16. The van der Waals surface area contributed by atoms with E-state index >= 15 is 0 Å². The number of carbonyl (C=O) groups is 1. The fraction of sp³-hybridized carbons (Fsp3) is 0.125. The molecule has 2 amide bonds. The molecule has 2 aromatic carbocycles. The number of amides is 2. The van der Waals surface area contributed by atoms with Crippen LogP contribution in [0.4, 0.5) is 14.9 Å². The van der Waals surface area contributed by atoms with Crippen molar-refractivity contribution in [2.75, 3.05) is 19.5 Å². The summed E-state index contributed by atoms with van der Waals surface area (Å²) in [4.78, 5) is 11.7. The summed E-state index contributed by atoms with van der Waals surface area (Å²) in [7, 11) is 3.07. The summed E-state index contributed by atoms with van der Waals surface area (Å²) >= 11 is 5.64. The highest BCUT2D eigenvalue weighted by atomic mass is 35.5. The minimum atomic E-state index is -0.589. The van der Waals surface area contributed by atoms with Gasteiger partial charge in [-0.25, -0.2) is 14.6 Å². The van der Waals surface area contributed by atoms with Crippen LogP contribution in [0.1, 0.15) is 5.56 Å². The van der Waals surface area contributed by atoms with Crippen LogP contribution >= 0.6 is 11.6 Å². The molecule has 0 aliphatic rings. The molecule has 8 heteroatoms. The zero-order valence-electron chi connectivity index (χ0n) is 13.0. The number of hydrogen-bond acceptors (Lipinski definition) is 4. The van der Waals surface area contributed by atoms with Gasteiger partial charge in [-0.15, -0.1) is 0 Å². The molecule has 2 aromatic rings. The molecule has 0 unspecified atom stereocenters. The molecule has 6 nitrogen and oxygen atoms in total. The summed E-state index contributed by atoms with van der Waals surface area (Å²) in [5, 5.41) is 6.21. The zero-order valence-corrected chi connectivity index (χ0v) is 13.7. The smallest absolute Gasteiger partial charge is 0.339 e. The van der Waals surface area contributed by atoms with Crippen LogP contribution < -0.4 is 20.2 Å². The van der Waals surface area contributed by atoms with Crippen LogP contribution in [0.5, 0.6) is 11.5 Å². The topological polar surface area (TPSA) is 72.0 Å². The largest absolute Gasteiger partial charge is 0.493 e. The Morgan fingerprint density at radius 3 is 2.58 bits per heavy atom. The van der Waals surface area contributed by atoms with Gasteiger partial charge in [-0.05, 0) is 42.0 Å². The number of urea groups is 1. The predicted octanol–water partition coefficient (Wildman–Crippen LogP) is 3.65. The van der Waals surface area contributed by atoms with E-state index < -0.39 is 11.8 Å². The number of anilines is 1. The molecule has 2 rings (SSSR count). The predicted molar refractivity (Wildman–Crippen MR) is 90.7 cm³/mol. The van der Waals surface area contributed by atoms with Crippen molar-refractivity contribution in [3.63, 3.8) is 0 Å². The average Bonchev–Trinajstić information content (AvgIpc) is 2.58. The maximum absolute atomic E-state index is 13.0. The number of benzene rings is 2. The van der Waals surface area contributed by atoms with Crippen molar-refractivity contribution in [3.05, 3.63) is 52.8 Å². The standard InChI is InChI=1S/C16H15ClFN3O3/c1-23-14-6-3-10(7-15(14)24-2)9-19-21-16(22)20-11-4-5-13(18)12(17)8-11/h3-9H,1-2H3,(H2,20,21,22)/b19-9+. The van der Waals surface area contributed by atoms with Crippen molar-refractivity contribution in [2.24, 2.45) is 5.10 Å². The number of hydrazone groups is 1. The van der Waals surface area contributed by atoms with Crippen LogP contribution in [0.3, 0.4) is 0 Å². The van der Waals surface area contributed by atoms with Crippen LogP contribution in [0.2, 0.25) is 5.02 Å². The van der Waals surface area contributed by atoms with Crippen molar-refractivity contribution in [1.29, 1.82) is 0 Å². The van der Waals surface area contributed by atoms with Gasteiger partial charge in [0, 0.05) is 5.69 Å². The Kier molecular flexibility index (Phi) is 5.97. The minimum Gasteiger partial charge on any atom is -0.493 e. The van der Waals surface area contributed by atoms with E-state index in [2.05, 4.69) is 15.8 Å². The van der Waals surface area contributed by atoms with Crippen LogP contribution in [0, 0.1) is 5.82 Å². The molecule has 0 aromatic heterocycles. The fourth-order valence-electron chi connectivity index (χ4n) is 1.83. The van der Waals surface area contributed by atoms with E-state index in [0.29, 0.717) is 22.7 Å². The quantitative estimate of drug-likeness (QED) is 0.638. The van der Waals surface area contributed by atoms with E-state index in [0.717, 1.165) is 6.07 Å². The zero-order chi connectivity index (χ0) is 17.5. The number of carbonyl (C=O) groups excluding carboxylic acids is 1. The monoisotopic (exact) mass is 351 g/mol. The third-order valence-electron chi connectivity index (χ3n) is 2.96. The molecule has 0 saturated heterocycles. The molecule has 0 radical (unpaired) electrons. The van der Waals surface area contributed by atoms with E-state index in [9.17, 15) is 9.18 Å². The Labute approximate surface area is 143 Å². The molecule has 0 bridgehead atoms. The lowest BCUT2D eigenvalue weighted by atomic mass is 10.2. The summed E-state index contributed by atoms with van der Waals surface area (Å²) in [6, 6.07) is 8.44. The summed E-state index contributed by atoms with van der Waals surface area (Å²) < 4.78 is 23.3. The normalized spacial score (nSPS) is 10.5. The Balaban J connectivity index is 1.95. The number of halogens is 2. The number of rotatable bonds is 5. The first kappa shape index (κ1) is 17.6. The fourth-order valence-corrected chi connectivity index (χ4v) is 2.01. The van der Waals surface area contributed by atoms with Crippen molar-refractivity contribution in [1.82, 2.24) is 5.43 Å². The third kappa shape index (κ3) is 4.60. The molecule has 24 heavy (non-hydrogen) atoms. The second-order valence-electron chi connectivity index (χ2n) is 4.57. The lowest BCUT2D eigenvalue weighted by Crippen LogP contribution is -2.24. The maximum Gasteiger partial charge on any atom is 0.339 e. The van der Waals surface area contributed by atoms with Crippen LogP contribution in [0.15, 0.2) is 41.5 Å². The Bertz CT molecular complexity index is 768. The van der Waals surface area contributed by atoms with Crippen molar-refractivity contribution in [3.8, 4) is 11.5 Å². The second-order valence-corrected chi connectivity index (χ2v) is 4.97. The van der Waals surface area contributed by atoms with Gasteiger partial charge in [0.25, 0.3) is 0 Å². The molecule has 0 aliphatic heterocycles. The lowest BCUT2D eigenvalue weighted by molar-refractivity contribution is 0.252. The molecule has 0 fully saturated rings. The number of methoxy groups -OCH3 is 2. The Morgan fingerprint density at radius 2 is 1.92 bits per heavy atom. The Morgan fingerprint density at radius 1 is 1.17 bits per heavy atom. The van der Waals surface area contributed by atoms with Gasteiger partial charge >= 0.3 is 6.03 Å². The van der Waals surface area contributed by atoms with Crippen LogP contribution in [0.25, 0.3) is 0 Å². The molecule has 126 valence electrons. The highest BCUT2D eigenvalue weighted by molar-refractivity contribution is 6.31. The van der Waals surface area contributed by atoms with Gasteiger partial charge in [-0.3, -0.25) is 0 Å². The average molecular weight is 352 g/mol. The molecule has 0 aliphatic carbocycles. The molecule has 0 spiro atoms. The number of nitrogens with zero attached hydrogens (tertiary/aromatic N) is 1. The van der Waals surface area contributed by atoms with E-state index in [1.807, 2.05) is 0 Å². The maximum atomic E-state index is 13.0. The van der Waals surface area contributed by atoms with E-state index in [-0.39, 0.29) is 5.02 Å². The van der Waals surface area contributed by atoms with Gasteiger partial charge in [0.05, 0.1) is 25.5 Å². The number of hydrogen-bond donors (Lipinski definition) is 2. The van der Waals surface area contributed by atoms with Crippen LogP contribution in [-0.2, 0) is 0 Å².